The molecule has 0 spiro atoms. The number of hydrogen-bond acceptors (Lipinski definition) is 4. The minimum absolute atomic E-state index is 0.261. The quantitative estimate of drug-likeness (QED) is 0.226. The van der Waals surface area contributed by atoms with Crippen molar-refractivity contribution in [1.82, 2.24) is 15.0 Å². The van der Waals surface area contributed by atoms with E-state index in [4.69, 9.17) is 15.7 Å². The Kier molecular flexibility index (Phi) is 5.46. The number of benzene rings is 4. The molecule has 0 aliphatic heterocycles. The van der Waals surface area contributed by atoms with E-state index >= 15 is 0 Å². The van der Waals surface area contributed by atoms with Gasteiger partial charge in [-0.1, -0.05) is 78.4 Å². The fourth-order valence-electron chi connectivity index (χ4n) is 6.82. The summed E-state index contributed by atoms with van der Waals surface area (Å²) in [7, 11) is 2.11. The van der Waals surface area contributed by atoms with E-state index in [1.165, 1.54) is 38.4 Å². The molecule has 8 rings (SSSR count). The molecule has 4 aromatic carbocycles. The molecule has 0 amide bonds. The number of para-hydroxylation sites is 2. The summed E-state index contributed by atoms with van der Waals surface area (Å²) in [5.41, 5.74) is 16.8. The highest BCUT2D eigenvalue weighted by atomic mass is 15.2. The summed E-state index contributed by atoms with van der Waals surface area (Å²) < 4.78 is 0. The summed E-state index contributed by atoms with van der Waals surface area (Å²) in [5.74, 6) is 2.14. The number of allylic oxidation sites excluding steroid dienone is 4. The summed E-state index contributed by atoms with van der Waals surface area (Å²) in [6, 6.07) is 30.0. The number of nitrogen functional groups attached to an aromatic ring is 1. The summed E-state index contributed by atoms with van der Waals surface area (Å²) in [4.78, 5) is 15.7. The average Bonchev–Trinajstić information content (AvgIpc) is 3.43. The number of imidazole rings is 1. The number of aryl methyl sites for hydroxylation is 1. The van der Waals surface area contributed by atoms with Crippen LogP contribution in [0.15, 0.2) is 103 Å². The molecule has 2 heterocycles. The molecule has 2 aliphatic rings. The first-order chi connectivity index (χ1) is 20.1. The molecule has 0 bridgehead atoms. The minimum atomic E-state index is 0.261. The van der Waals surface area contributed by atoms with Gasteiger partial charge in [-0.15, -0.1) is 0 Å². The molecular formula is C36H31N5. The molecule has 5 heteroatoms. The van der Waals surface area contributed by atoms with Crippen LogP contribution in [0.1, 0.15) is 41.3 Å². The number of rotatable bonds is 4. The van der Waals surface area contributed by atoms with E-state index in [0.29, 0.717) is 12.2 Å². The fourth-order valence-corrected chi connectivity index (χ4v) is 6.82. The SMILES string of the molecule is CN(Cc1nc2c(N)cccc2[nH]1)c1nc2ccccc2cc1C1C=CC2=C(CCc3c2ccc2ccccc32)C1. The van der Waals surface area contributed by atoms with Gasteiger partial charge in [0.15, 0.2) is 0 Å². The maximum Gasteiger partial charge on any atom is 0.133 e. The Labute approximate surface area is 239 Å². The summed E-state index contributed by atoms with van der Waals surface area (Å²) in [6.45, 7) is 0.608. The number of nitrogens with zero attached hydrogens (tertiary/aromatic N) is 3. The monoisotopic (exact) mass is 533 g/mol. The van der Waals surface area contributed by atoms with Crippen molar-refractivity contribution in [2.75, 3.05) is 17.7 Å². The summed E-state index contributed by atoms with van der Waals surface area (Å²) >= 11 is 0. The second-order valence-electron chi connectivity index (χ2n) is 11.4. The Hall–Kier alpha value is -4.90. The third kappa shape index (κ3) is 4.00. The van der Waals surface area contributed by atoms with Crippen molar-refractivity contribution < 1.29 is 0 Å². The highest BCUT2D eigenvalue weighted by molar-refractivity contribution is 5.94. The normalized spacial score (nSPS) is 16.4. The highest BCUT2D eigenvalue weighted by Crippen LogP contribution is 2.45. The zero-order valence-electron chi connectivity index (χ0n) is 23.1. The van der Waals surface area contributed by atoms with Crippen molar-refractivity contribution in [1.29, 1.82) is 0 Å². The van der Waals surface area contributed by atoms with Gasteiger partial charge in [-0.05, 0) is 71.0 Å². The van der Waals surface area contributed by atoms with Crippen LogP contribution < -0.4 is 10.6 Å². The molecule has 0 fully saturated rings. The molecule has 0 saturated carbocycles. The molecule has 200 valence electrons. The van der Waals surface area contributed by atoms with Crippen molar-refractivity contribution in [3.05, 3.63) is 125 Å². The fraction of sp³-hybridized carbons (Fsp3) is 0.167. The lowest BCUT2D eigenvalue weighted by Crippen LogP contribution is -2.22. The molecule has 0 saturated heterocycles. The third-order valence-electron chi connectivity index (χ3n) is 8.82. The molecular weight excluding hydrogens is 502 g/mol. The summed E-state index contributed by atoms with van der Waals surface area (Å²) in [5, 5.41) is 3.89. The highest BCUT2D eigenvalue weighted by Gasteiger charge is 2.27. The number of fused-ring (bicyclic) bond motifs is 6. The van der Waals surface area contributed by atoms with Gasteiger partial charge in [-0.25, -0.2) is 9.97 Å². The lowest BCUT2D eigenvalue weighted by Gasteiger charge is -2.31. The Bertz CT molecular complexity index is 2050. The molecule has 1 unspecified atom stereocenters. The number of nitrogens with one attached hydrogen (secondary N) is 1. The van der Waals surface area contributed by atoms with Gasteiger partial charge in [0.25, 0.3) is 0 Å². The van der Waals surface area contributed by atoms with Crippen LogP contribution in [0.25, 0.3) is 38.3 Å². The van der Waals surface area contributed by atoms with E-state index in [2.05, 4.69) is 95.8 Å². The molecule has 2 aliphatic carbocycles. The number of aromatic amines is 1. The van der Waals surface area contributed by atoms with Gasteiger partial charge in [0.1, 0.15) is 17.2 Å². The van der Waals surface area contributed by atoms with Crippen LogP contribution in [0.4, 0.5) is 11.5 Å². The lowest BCUT2D eigenvalue weighted by molar-refractivity contribution is 0.745. The van der Waals surface area contributed by atoms with Crippen molar-refractivity contribution in [2.45, 2.75) is 31.7 Å². The van der Waals surface area contributed by atoms with E-state index in [9.17, 15) is 0 Å². The minimum Gasteiger partial charge on any atom is -0.397 e. The zero-order valence-corrected chi connectivity index (χ0v) is 23.1. The number of aromatic nitrogens is 3. The van der Waals surface area contributed by atoms with Crippen LogP contribution in [0.5, 0.6) is 0 Å². The smallest absolute Gasteiger partial charge is 0.133 e. The molecule has 41 heavy (non-hydrogen) atoms. The second kappa shape index (κ2) is 9.34. The van der Waals surface area contributed by atoms with Crippen molar-refractivity contribution in [3.8, 4) is 0 Å². The average molecular weight is 534 g/mol. The van der Waals surface area contributed by atoms with Gasteiger partial charge in [-0.3, -0.25) is 0 Å². The van der Waals surface area contributed by atoms with Gasteiger partial charge < -0.3 is 15.6 Å². The molecule has 2 aromatic heterocycles. The van der Waals surface area contributed by atoms with Crippen LogP contribution in [-0.4, -0.2) is 22.0 Å². The van der Waals surface area contributed by atoms with E-state index in [1.54, 1.807) is 5.57 Å². The van der Waals surface area contributed by atoms with Gasteiger partial charge in [-0.2, -0.15) is 0 Å². The number of hydrogen-bond donors (Lipinski definition) is 2. The maximum atomic E-state index is 6.19. The number of pyridine rings is 1. The molecule has 3 N–H and O–H groups in total. The van der Waals surface area contributed by atoms with Gasteiger partial charge in [0, 0.05) is 23.9 Å². The molecule has 5 nitrogen and oxygen atoms in total. The van der Waals surface area contributed by atoms with E-state index < -0.39 is 0 Å². The van der Waals surface area contributed by atoms with Crippen molar-refractivity contribution >= 4 is 49.8 Å². The predicted octanol–water partition coefficient (Wildman–Crippen LogP) is 7.93. The Morgan fingerprint density at radius 3 is 2.66 bits per heavy atom. The predicted molar refractivity (Wildman–Crippen MR) is 170 cm³/mol. The van der Waals surface area contributed by atoms with Crippen LogP contribution >= 0.6 is 0 Å². The Morgan fingerprint density at radius 1 is 0.902 bits per heavy atom. The maximum absolute atomic E-state index is 6.19. The van der Waals surface area contributed by atoms with Crippen LogP contribution in [0, 0.1) is 0 Å². The van der Waals surface area contributed by atoms with Gasteiger partial charge >= 0.3 is 0 Å². The van der Waals surface area contributed by atoms with Crippen LogP contribution in [-0.2, 0) is 13.0 Å². The lowest BCUT2D eigenvalue weighted by atomic mass is 9.75. The van der Waals surface area contributed by atoms with Crippen LogP contribution in [0.2, 0.25) is 0 Å². The van der Waals surface area contributed by atoms with Crippen LogP contribution in [0.3, 0.4) is 0 Å². The Morgan fingerprint density at radius 2 is 1.76 bits per heavy atom. The number of anilines is 2. The second-order valence-corrected chi connectivity index (χ2v) is 11.4. The summed E-state index contributed by atoms with van der Waals surface area (Å²) in [6.07, 6.45) is 7.98. The van der Waals surface area contributed by atoms with Gasteiger partial charge in [0.2, 0.25) is 0 Å². The first-order valence-electron chi connectivity index (χ1n) is 14.4. The topological polar surface area (TPSA) is 70.8 Å². The molecule has 1 atom stereocenters. The Balaban J connectivity index is 1.17. The van der Waals surface area contributed by atoms with Crippen molar-refractivity contribution in [2.24, 2.45) is 0 Å². The van der Waals surface area contributed by atoms with E-state index in [0.717, 1.165) is 47.5 Å². The molecule has 6 aromatic rings. The first kappa shape index (κ1) is 23.9. The largest absolute Gasteiger partial charge is 0.397 e. The number of nitrogens with two attached hydrogens (primary N) is 1. The van der Waals surface area contributed by atoms with E-state index in [1.807, 2.05) is 18.2 Å². The first-order valence-corrected chi connectivity index (χ1v) is 14.4. The number of H-pyrrole nitrogens is 1. The standard InChI is InChI=1S/C36H31N5/c1-41(21-34-38-33-12-6-10-31(37)35(33)40-34)36-30(20-25-8-3-5-11-32(25)39-36)24-14-16-27-23(19-24)15-18-28-26-9-4-2-7-22(26)13-17-29(27)28/h2-14,16-17,20,24H,15,18-19,21,37H2,1H3,(H,38,40). The van der Waals surface area contributed by atoms with E-state index in [-0.39, 0.29) is 5.92 Å². The third-order valence-corrected chi connectivity index (χ3v) is 8.82. The van der Waals surface area contributed by atoms with Gasteiger partial charge in [0.05, 0.1) is 23.3 Å². The molecule has 0 radical (unpaired) electrons. The zero-order chi connectivity index (χ0) is 27.5. The van der Waals surface area contributed by atoms with Crippen molar-refractivity contribution in [3.63, 3.8) is 0 Å².